The zero-order valence-corrected chi connectivity index (χ0v) is 9.63. The van der Waals surface area contributed by atoms with E-state index in [0.717, 1.165) is 6.33 Å². The largest absolute Gasteiger partial charge is 0.461 e. The molecule has 2 heterocycles. The van der Waals surface area contributed by atoms with Crippen LogP contribution in [0.15, 0.2) is 30.9 Å². The van der Waals surface area contributed by atoms with Crippen molar-refractivity contribution in [3.63, 3.8) is 0 Å². The third-order valence-electron chi connectivity index (χ3n) is 2.19. The lowest BCUT2D eigenvalue weighted by molar-refractivity contribution is 0.0513. The first-order chi connectivity index (χ1) is 8.74. The molecule has 0 aromatic carbocycles. The lowest BCUT2D eigenvalue weighted by Gasteiger charge is -2.05. The van der Waals surface area contributed by atoms with Crippen LogP contribution in [0.25, 0.3) is 11.3 Å². The summed E-state index contributed by atoms with van der Waals surface area (Å²) in [6, 6.07) is 3.30. The van der Waals surface area contributed by atoms with Crippen molar-refractivity contribution >= 4 is 5.97 Å². The zero-order valence-electron chi connectivity index (χ0n) is 9.63. The molecule has 2 rings (SSSR count). The molecule has 0 unspecified atom stereocenters. The van der Waals surface area contributed by atoms with Gasteiger partial charge in [-0.15, -0.1) is 0 Å². The van der Waals surface area contributed by atoms with Crippen LogP contribution < -0.4 is 0 Å². The molecule has 0 aliphatic rings. The van der Waals surface area contributed by atoms with E-state index in [0.29, 0.717) is 5.56 Å². The van der Waals surface area contributed by atoms with Gasteiger partial charge in [-0.1, -0.05) is 0 Å². The van der Waals surface area contributed by atoms with Crippen molar-refractivity contribution in [2.75, 3.05) is 6.61 Å². The van der Waals surface area contributed by atoms with Gasteiger partial charge in [0.05, 0.1) is 6.61 Å². The van der Waals surface area contributed by atoms with E-state index < -0.39 is 11.8 Å². The summed E-state index contributed by atoms with van der Waals surface area (Å²) in [7, 11) is 0. The highest BCUT2D eigenvalue weighted by molar-refractivity contribution is 5.88. The van der Waals surface area contributed by atoms with Crippen molar-refractivity contribution in [2.45, 2.75) is 6.92 Å². The quantitative estimate of drug-likeness (QED) is 0.774. The summed E-state index contributed by atoms with van der Waals surface area (Å²) in [5.41, 5.74) is 0.134. The number of hydrogen-bond acceptors (Lipinski definition) is 5. The van der Waals surface area contributed by atoms with Crippen LogP contribution >= 0.6 is 0 Å². The van der Waals surface area contributed by atoms with Gasteiger partial charge in [-0.25, -0.2) is 19.2 Å². The summed E-state index contributed by atoms with van der Waals surface area (Å²) in [5.74, 6) is -1.61. The molecule has 0 radical (unpaired) electrons. The third kappa shape index (κ3) is 2.32. The molecule has 6 heteroatoms. The molecule has 0 atom stereocenters. The number of nitrogens with zero attached hydrogens (tertiary/aromatic N) is 3. The fraction of sp³-hybridized carbons (Fsp3) is 0.167. The summed E-state index contributed by atoms with van der Waals surface area (Å²) >= 11 is 0. The van der Waals surface area contributed by atoms with E-state index in [1.54, 1.807) is 25.3 Å². The minimum Gasteiger partial charge on any atom is -0.461 e. The highest BCUT2D eigenvalue weighted by Crippen LogP contribution is 2.20. The summed E-state index contributed by atoms with van der Waals surface area (Å²) in [4.78, 5) is 22.8. The Hall–Kier alpha value is -2.37. The van der Waals surface area contributed by atoms with Crippen LogP contribution in [0.1, 0.15) is 17.4 Å². The Morgan fingerprint density at radius 3 is 2.94 bits per heavy atom. The molecule has 0 bridgehead atoms. The smallest absolute Gasteiger partial charge is 0.360 e. The Bertz CT molecular complexity index is 561. The van der Waals surface area contributed by atoms with Gasteiger partial charge >= 0.3 is 5.97 Å². The Labute approximate surface area is 103 Å². The monoisotopic (exact) mass is 247 g/mol. The van der Waals surface area contributed by atoms with E-state index in [2.05, 4.69) is 15.0 Å². The molecule has 0 fully saturated rings. The van der Waals surface area contributed by atoms with Crippen LogP contribution in [-0.2, 0) is 4.74 Å². The van der Waals surface area contributed by atoms with Crippen LogP contribution in [0.3, 0.4) is 0 Å². The van der Waals surface area contributed by atoms with Crippen LogP contribution in [0.4, 0.5) is 4.39 Å². The lowest BCUT2D eigenvalue weighted by atomic mass is 10.2. The van der Waals surface area contributed by atoms with E-state index in [1.165, 1.54) is 6.20 Å². The molecule has 0 aliphatic carbocycles. The van der Waals surface area contributed by atoms with Crippen LogP contribution in [0, 0.1) is 5.82 Å². The Balaban J connectivity index is 2.46. The van der Waals surface area contributed by atoms with Gasteiger partial charge in [-0.3, -0.25) is 4.98 Å². The minimum atomic E-state index is -0.803. The summed E-state index contributed by atoms with van der Waals surface area (Å²) in [6.45, 7) is 1.80. The van der Waals surface area contributed by atoms with Gasteiger partial charge in [-0.05, 0) is 19.1 Å². The highest BCUT2D eigenvalue weighted by Gasteiger charge is 2.19. The van der Waals surface area contributed by atoms with Crippen molar-refractivity contribution in [3.05, 3.63) is 42.4 Å². The predicted octanol–water partition coefficient (Wildman–Crippen LogP) is 1.85. The van der Waals surface area contributed by atoms with Crippen molar-refractivity contribution in [1.82, 2.24) is 15.0 Å². The molecule has 0 spiro atoms. The standard InChI is InChI=1S/C12H10FN3O2/c1-2-18-12(17)11-9(13)10(15-7-16-11)8-4-3-5-14-6-8/h3-7H,2H2,1H3. The molecule has 2 aromatic rings. The lowest BCUT2D eigenvalue weighted by Crippen LogP contribution is -2.11. The highest BCUT2D eigenvalue weighted by atomic mass is 19.1. The number of carbonyl (C=O) groups excluding carboxylic acids is 1. The number of hydrogen-bond donors (Lipinski definition) is 0. The number of esters is 1. The molecule has 5 nitrogen and oxygen atoms in total. The number of rotatable bonds is 3. The molecule has 2 aromatic heterocycles. The first-order valence-electron chi connectivity index (χ1n) is 5.32. The number of carbonyl (C=O) groups is 1. The molecular formula is C12H10FN3O2. The molecule has 0 aliphatic heterocycles. The Morgan fingerprint density at radius 1 is 1.44 bits per heavy atom. The van der Waals surface area contributed by atoms with Gasteiger partial charge in [-0.2, -0.15) is 0 Å². The molecule has 92 valence electrons. The number of aromatic nitrogens is 3. The molecule has 0 saturated carbocycles. The Kier molecular flexibility index (Phi) is 3.57. The summed E-state index contributed by atoms with van der Waals surface area (Å²) in [5, 5.41) is 0. The number of ether oxygens (including phenoxy) is 1. The summed E-state index contributed by atoms with van der Waals surface area (Å²) < 4.78 is 18.8. The molecule has 18 heavy (non-hydrogen) atoms. The molecule has 0 amide bonds. The zero-order chi connectivity index (χ0) is 13.0. The maximum Gasteiger partial charge on any atom is 0.360 e. The van der Waals surface area contributed by atoms with Crippen molar-refractivity contribution in [1.29, 1.82) is 0 Å². The topological polar surface area (TPSA) is 65.0 Å². The molecular weight excluding hydrogens is 237 g/mol. The normalized spacial score (nSPS) is 10.1. The van der Waals surface area contributed by atoms with E-state index >= 15 is 0 Å². The van der Waals surface area contributed by atoms with E-state index in [-0.39, 0.29) is 18.0 Å². The SMILES string of the molecule is CCOC(=O)c1ncnc(-c2cccnc2)c1F. The van der Waals surface area contributed by atoms with Crippen LogP contribution in [-0.4, -0.2) is 27.5 Å². The predicted molar refractivity (Wildman–Crippen MR) is 61.2 cm³/mol. The Morgan fingerprint density at radius 2 is 2.28 bits per heavy atom. The first-order valence-corrected chi connectivity index (χ1v) is 5.32. The first kappa shape index (κ1) is 12.1. The maximum atomic E-state index is 14.1. The van der Waals surface area contributed by atoms with Gasteiger partial charge in [0.1, 0.15) is 12.0 Å². The third-order valence-corrected chi connectivity index (χ3v) is 2.19. The van der Waals surface area contributed by atoms with Gasteiger partial charge in [0, 0.05) is 18.0 Å². The van der Waals surface area contributed by atoms with Crippen LogP contribution in [0.5, 0.6) is 0 Å². The van der Waals surface area contributed by atoms with E-state index in [9.17, 15) is 9.18 Å². The molecule has 0 N–H and O–H groups in total. The molecule has 0 saturated heterocycles. The van der Waals surface area contributed by atoms with Crippen molar-refractivity contribution < 1.29 is 13.9 Å². The minimum absolute atomic E-state index is 0.0288. The number of halogens is 1. The van der Waals surface area contributed by atoms with E-state index in [1.807, 2.05) is 0 Å². The van der Waals surface area contributed by atoms with Gasteiger partial charge in [0.2, 0.25) is 0 Å². The van der Waals surface area contributed by atoms with E-state index in [4.69, 9.17) is 4.74 Å². The van der Waals surface area contributed by atoms with Gasteiger partial charge in [0.15, 0.2) is 11.5 Å². The van der Waals surface area contributed by atoms with Crippen molar-refractivity contribution in [3.8, 4) is 11.3 Å². The number of pyridine rings is 1. The fourth-order valence-corrected chi connectivity index (χ4v) is 1.42. The van der Waals surface area contributed by atoms with Gasteiger partial charge in [0.25, 0.3) is 0 Å². The second-order valence-electron chi connectivity index (χ2n) is 3.35. The van der Waals surface area contributed by atoms with Gasteiger partial charge < -0.3 is 4.74 Å². The van der Waals surface area contributed by atoms with Crippen molar-refractivity contribution in [2.24, 2.45) is 0 Å². The van der Waals surface area contributed by atoms with Crippen LogP contribution in [0.2, 0.25) is 0 Å². The maximum absolute atomic E-state index is 14.1. The second-order valence-corrected chi connectivity index (χ2v) is 3.35. The summed E-state index contributed by atoms with van der Waals surface area (Å²) in [6.07, 6.45) is 4.15. The second kappa shape index (κ2) is 5.31. The average molecular weight is 247 g/mol. The fourth-order valence-electron chi connectivity index (χ4n) is 1.42. The average Bonchev–Trinajstić information content (AvgIpc) is 2.40.